The second-order valence-electron chi connectivity index (χ2n) is 7.41. The molecule has 2 aliphatic heterocycles. The van der Waals surface area contributed by atoms with Crippen LogP contribution in [0.4, 0.5) is 0 Å². The summed E-state index contributed by atoms with van der Waals surface area (Å²) in [5.41, 5.74) is 0.0837. The second-order valence-corrected chi connectivity index (χ2v) is 7.41. The van der Waals surface area contributed by atoms with E-state index in [9.17, 15) is 35.4 Å². The van der Waals surface area contributed by atoms with E-state index >= 15 is 0 Å². The largest absolute Gasteiger partial charge is 0.462 e. The van der Waals surface area contributed by atoms with Crippen molar-refractivity contribution >= 4 is 5.97 Å². The number of hydrogen-bond acceptors (Lipinski definition) is 11. The third-order valence-corrected chi connectivity index (χ3v) is 5.18. The Morgan fingerprint density at radius 2 is 1.20 bits per heavy atom. The topological polar surface area (TPSA) is 175 Å². The lowest BCUT2D eigenvalue weighted by Gasteiger charge is -2.39. The molecule has 30 heavy (non-hydrogen) atoms. The monoisotopic (exact) mass is 430 g/mol. The Kier molecular flexibility index (Phi) is 6.95. The average molecular weight is 430 g/mol. The number of ether oxygens (including phenoxy) is 4. The van der Waals surface area contributed by atoms with Gasteiger partial charge in [-0.05, 0) is 38.1 Å². The molecule has 0 aromatic heterocycles. The zero-order valence-electron chi connectivity index (χ0n) is 16.3. The first-order chi connectivity index (χ1) is 14.1. The van der Waals surface area contributed by atoms with Crippen molar-refractivity contribution in [3.8, 4) is 5.75 Å². The van der Waals surface area contributed by atoms with E-state index in [1.807, 2.05) is 0 Å². The molecule has 10 atom stereocenters. The maximum absolute atomic E-state index is 12.3. The van der Waals surface area contributed by atoms with Crippen LogP contribution in [0.3, 0.4) is 0 Å². The summed E-state index contributed by atoms with van der Waals surface area (Å²) in [6, 6.07) is 5.50. The fourth-order valence-electron chi connectivity index (χ4n) is 3.20. The molecule has 0 radical (unpaired) electrons. The highest BCUT2D eigenvalue weighted by atomic mass is 16.7. The summed E-state index contributed by atoms with van der Waals surface area (Å²) in [5.74, 6) is -0.630. The zero-order chi connectivity index (χ0) is 22.2. The molecule has 0 spiro atoms. The predicted octanol–water partition coefficient (Wildman–Crippen LogP) is -2.12. The van der Waals surface area contributed by atoms with Gasteiger partial charge in [-0.3, -0.25) is 0 Å². The van der Waals surface area contributed by atoms with E-state index in [1.165, 1.54) is 38.1 Å². The van der Waals surface area contributed by atoms with Gasteiger partial charge in [-0.1, -0.05) is 0 Å². The van der Waals surface area contributed by atoms with Crippen molar-refractivity contribution in [2.75, 3.05) is 0 Å². The van der Waals surface area contributed by atoms with E-state index in [4.69, 9.17) is 18.9 Å². The third-order valence-electron chi connectivity index (χ3n) is 5.18. The summed E-state index contributed by atoms with van der Waals surface area (Å²) >= 11 is 0. The number of carbonyl (C=O) groups is 1. The van der Waals surface area contributed by atoms with Gasteiger partial charge in [0, 0.05) is 0 Å². The Morgan fingerprint density at radius 1 is 0.733 bits per heavy atom. The normalized spacial score (nSPS) is 41.9. The summed E-state index contributed by atoms with van der Waals surface area (Å²) in [7, 11) is 0. The van der Waals surface area contributed by atoms with Crippen LogP contribution in [-0.4, -0.2) is 98.0 Å². The van der Waals surface area contributed by atoms with E-state index in [0.717, 1.165) is 0 Å². The molecular weight excluding hydrogens is 404 g/mol. The van der Waals surface area contributed by atoms with Gasteiger partial charge < -0.3 is 49.6 Å². The summed E-state index contributed by atoms with van der Waals surface area (Å²) < 4.78 is 21.1. The Balaban J connectivity index is 1.61. The molecular formula is C19H26O11. The predicted molar refractivity (Wildman–Crippen MR) is 97.2 cm³/mol. The third kappa shape index (κ3) is 4.58. The molecule has 3 rings (SSSR count). The molecule has 10 unspecified atom stereocenters. The minimum Gasteiger partial charge on any atom is -0.462 e. The van der Waals surface area contributed by atoms with Crippen LogP contribution in [0.5, 0.6) is 5.75 Å². The van der Waals surface area contributed by atoms with E-state index < -0.39 is 67.4 Å². The lowest BCUT2D eigenvalue weighted by atomic mass is 10.00. The molecule has 0 saturated carbocycles. The number of benzene rings is 1. The summed E-state index contributed by atoms with van der Waals surface area (Å²) in [4.78, 5) is 12.3. The maximum Gasteiger partial charge on any atom is 0.340 e. The molecule has 0 bridgehead atoms. The van der Waals surface area contributed by atoms with Gasteiger partial charge in [-0.15, -0.1) is 0 Å². The molecule has 2 heterocycles. The van der Waals surface area contributed by atoms with Gasteiger partial charge in [0.05, 0.1) is 17.8 Å². The quantitative estimate of drug-likeness (QED) is 0.288. The SMILES string of the molecule is CC1OC(OC(=O)c2ccc(OC3OC(C)C(O)C(O)C3O)cc2)C(O)C(O)C1O. The number of aliphatic hydroxyl groups excluding tert-OH is 6. The van der Waals surface area contributed by atoms with Gasteiger partial charge in [-0.25, -0.2) is 4.79 Å². The van der Waals surface area contributed by atoms with Crippen LogP contribution in [0.1, 0.15) is 24.2 Å². The van der Waals surface area contributed by atoms with E-state index in [0.29, 0.717) is 0 Å². The van der Waals surface area contributed by atoms with Crippen LogP contribution >= 0.6 is 0 Å². The van der Waals surface area contributed by atoms with Gasteiger partial charge >= 0.3 is 5.97 Å². The number of aliphatic hydroxyl groups is 6. The summed E-state index contributed by atoms with van der Waals surface area (Å²) in [5, 5.41) is 58.9. The molecule has 1 aromatic carbocycles. The second kappa shape index (κ2) is 9.12. The van der Waals surface area contributed by atoms with Crippen molar-refractivity contribution in [3.05, 3.63) is 29.8 Å². The lowest BCUT2D eigenvalue weighted by molar-refractivity contribution is -0.276. The summed E-state index contributed by atoms with van der Waals surface area (Å²) in [6.45, 7) is 2.99. The molecule has 168 valence electrons. The number of rotatable bonds is 4. The van der Waals surface area contributed by atoms with Gasteiger partial charge in [0.2, 0.25) is 12.6 Å². The summed E-state index contributed by atoms with van der Waals surface area (Å²) in [6.07, 6.45) is -12.9. The fraction of sp³-hybridized carbons (Fsp3) is 0.632. The maximum atomic E-state index is 12.3. The smallest absolute Gasteiger partial charge is 0.340 e. The minimum absolute atomic E-state index is 0.0837. The van der Waals surface area contributed by atoms with Crippen molar-refractivity contribution in [2.24, 2.45) is 0 Å². The van der Waals surface area contributed by atoms with Crippen LogP contribution in [0.15, 0.2) is 24.3 Å². The molecule has 0 aliphatic carbocycles. The first-order valence-corrected chi connectivity index (χ1v) is 9.47. The zero-order valence-corrected chi connectivity index (χ0v) is 16.3. The Hall–Kier alpha value is -1.83. The molecule has 6 N–H and O–H groups in total. The number of carbonyl (C=O) groups excluding carboxylic acids is 1. The van der Waals surface area contributed by atoms with Crippen LogP contribution in [0, 0.1) is 0 Å². The average Bonchev–Trinajstić information content (AvgIpc) is 2.73. The molecule has 0 amide bonds. The molecule has 2 fully saturated rings. The van der Waals surface area contributed by atoms with Gasteiger partial charge in [0.15, 0.2) is 0 Å². The van der Waals surface area contributed by atoms with Crippen LogP contribution in [-0.2, 0) is 14.2 Å². The van der Waals surface area contributed by atoms with Crippen LogP contribution in [0.2, 0.25) is 0 Å². The highest BCUT2D eigenvalue weighted by molar-refractivity contribution is 5.89. The molecule has 1 aromatic rings. The van der Waals surface area contributed by atoms with Crippen molar-refractivity contribution in [1.82, 2.24) is 0 Å². The molecule has 2 saturated heterocycles. The molecule has 2 aliphatic rings. The van der Waals surface area contributed by atoms with Gasteiger partial charge in [0.25, 0.3) is 0 Å². The van der Waals surface area contributed by atoms with Crippen LogP contribution < -0.4 is 4.74 Å². The highest BCUT2D eigenvalue weighted by Gasteiger charge is 2.44. The standard InChI is InChI=1S/C19H26O11/c1-7-11(20)13(22)15(24)18(27-7)29-10-5-3-9(4-6-10)17(26)30-19-16(25)14(23)12(21)8(2)28-19/h3-8,11-16,18-25H,1-2H3. The van der Waals surface area contributed by atoms with Gasteiger partial charge in [0.1, 0.15) is 42.4 Å². The van der Waals surface area contributed by atoms with E-state index in [2.05, 4.69) is 0 Å². The number of esters is 1. The Labute approximate surface area is 172 Å². The minimum atomic E-state index is -1.61. The van der Waals surface area contributed by atoms with E-state index in [1.54, 1.807) is 0 Å². The first kappa shape index (κ1) is 22.8. The molecule has 11 nitrogen and oxygen atoms in total. The van der Waals surface area contributed by atoms with Crippen molar-refractivity contribution in [3.63, 3.8) is 0 Å². The van der Waals surface area contributed by atoms with Crippen LogP contribution in [0.25, 0.3) is 0 Å². The lowest BCUT2D eigenvalue weighted by Crippen LogP contribution is -2.58. The first-order valence-electron chi connectivity index (χ1n) is 9.47. The Bertz CT molecular complexity index is 726. The Morgan fingerprint density at radius 3 is 1.73 bits per heavy atom. The van der Waals surface area contributed by atoms with E-state index in [-0.39, 0.29) is 11.3 Å². The van der Waals surface area contributed by atoms with Crippen molar-refractivity contribution in [1.29, 1.82) is 0 Å². The highest BCUT2D eigenvalue weighted by Crippen LogP contribution is 2.26. The van der Waals surface area contributed by atoms with Crippen molar-refractivity contribution < 1.29 is 54.4 Å². The van der Waals surface area contributed by atoms with Crippen molar-refractivity contribution in [2.45, 2.75) is 75.3 Å². The number of hydrogen-bond donors (Lipinski definition) is 6. The fourth-order valence-corrected chi connectivity index (χ4v) is 3.20. The molecule has 11 heteroatoms. The van der Waals surface area contributed by atoms with Gasteiger partial charge in [-0.2, -0.15) is 0 Å².